The van der Waals surface area contributed by atoms with Gasteiger partial charge in [-0.2, -0.15) is 0 Å². The molecule has 1 aliphatic heterocycles. The number of hydrogen-bond donors (Lipinski definition) is 0. The van der Waals surface area contributed by atoms with Gasteiger partial charge in [-0.05, 0) is 12.5 Å². The van der Waals surface area contributed by atoms with Crippen molar-refractivity contribution in [3.05, 3.63) is 22.2 Å². The topological polar surface area (TPSA) is 52.6 Å². The molecule has 1 aromatic carbocycles. The van der Waals surface area contributed by atoms with Crippen molar-refractivity contribution < 1.29 is 17.9 Å². The molecule has 1 aliphatic rings. The molecule has 0 radical (unpaired) electrons. The Hall–Kier alpha value is -0.200. The highest BCUT2D eigenvalue weighted by molar-refractivity contribution is 8.13. The summed E-state index contributed by atoms with van der Waals surface area (Å²) in [5.74, 6) is 0.647. The predicted octanol–water partition coefficient (Wildman–Crippen LogP) is 3.34. The lowest BCUT2D eigenvalue weighted by molar-refractivity contribution is 0.167. The van der Waals surface area contributed by atoms with E-state index in [1.165, 1.54) is 12.1 Å². The van der Waals surface area contributed by atoms with Crippen LogP contribution >= 0.6 is 33.9 Å². The lowest BCUT2D eigenvalue weighted by Gasteiger charge is -2.12. The summed E-state index contributed by atoms with van der Waals surface area (Å²) in [5.41, 5.74) is 0. The minimum absolute atomic E-state index is 0.0166. The summed E-state index contributed by atoms with van der Waals surface area (Å²) in [5, 5.41) is 0.139. The summed E-state index contributed by atoms with van der Waals surface area (Å²) >= 11 is 11.8. The van der Waals surface area contributed by atoms with Crippen molar-refractivity contribution in [3.8, 4) is 5.75 Å². The molecule has 1 heterocycles. The molecule has 1 unspecified atom stereocenters. The molecule has 0 aliphatic carbocycles. The fraction of sp³-hybridized carbons (Fsp3) is 0.455. The Labute approximate surface area is 126 Å². The fourth-order valence-corrected chi connectivity index (χ4v) is 3.52. The SMILES string of the molecule is O=S(=O)(Cl)c1cc(Cl)c(OCC2CCOC2)cc1Cl. The van der Waals surface area contributed by atoms with Gasteiger partial charge in [-0.15, -0.1) is 0 Å². The lowest BCUT2D eigenvalue weighted by atomic mass is 10.1. The largest absolute Gasteiger partial charge is 0.492 e. The van der Waals surface area contributed by atoms with Crippen molar-refractivity contribution >= 4 is 42.9 Å². The van der Waals surface area contributed by atoms with Crippen LogP contribution in [0.25, 0.3) is 0 Å². The summed E-state index contributed by atoms with van der Waals surface area (Å²) in [6, 6.07) is 2.54. The van der Waals surface area contributed by atoms with Crippen LogP contribution in [-0.4, -0.2) is 28.2 Å². The van der Waals surface area contributed by atoms with E-state index < -0.39 is 9.05 Å². The molecular weight excluding hydrogens is 335 g/mol. The van der Waals surface area contributed by atoms with E-state index in [0.29, 0.717) is 24.9 Å². The Morgan fingerprint density at radius 1 is 1.32 bits per heavy atom. The molecule has 0 spiro atoms. The van der Waals surface area contributed by atoms with Gasteiger partial charge in [0.25, 0.3) is 9.05 Å². The van der Waals surface area contributed by atoms with Crippen LogP contribution in [0.15, 0.2) is 17.0 Å². The van der Waals surface area contributed by atoms with Crippen LogP contribution in [0, 0.1) is 5.92 Å². The van der Waals surface area contributed by atoms with Crippen molar-refractivity contribution in [3.63, 3.8) is 0 Å². The third-order valence-electron chi connectivity index (χ3n) is 2.75. The third-order valence-corrected chi connectivity index (χ3v) is 4.83. The zero-order chi connectivity index (χ0) is 14.0. The molecule has 1 atom stereocenters. The Balaban J connectivity index is 2.16. The molecular formula is C11H11Cl3O4S. The van der Waals surface area contributed by atoms with Crippen LogP contribution in [0.2, 0.25) is 10.0 Å². The summed E-state index contributed by atoms with van der Waals surface area (Å²) in [6.07, 6.45) is 0.930. The Kier molecular flexibility index (Phi) is 4.84. The molecule has 0 N–H and O–H groups in total. The van der Waals surface area contributed by atoms with Crippen molar-refractivity contribution in [2.24, 2.45) is 5.92 Å². The third kappa shape index (κ3) is 3.89. The molecule has 2 rings (SSSR count). The molecule has 19 heavy (non-hydrogen) atoms. The van der Waals surface area contributed by atoms with Gasteiger partial charge in [0.2, 0.25) is 0 Å². The average Bonchev–Trinajstić information content (AvgIpc) is 2.81. The van der Waals surface area contributed by atoms with Crippen LogP contribution in [0.4, 0.5) is 0 Å². The van der Waals surface area contributed by atoms with E-state index in [1.807, 2.05) is 0 Å². The van der Waals surface area contributed by atoms with Gasteiger partial charge in [-0.3, -0.25) is 0 Å². The van der Waals surface area contributed by atoms with E-state index in [4.69, 9.17) is 43.4 Å². The zero-order valence-corrected chi connectivity index (χ0v) is 12.8. The summed E-state index contributed by atoms with van der Waals surface area (Å²) in [4.78, 5) is -0.225. The first kappa shape index (κ1) is 15.2. The lowest BCUT2D eigenvalue weighted by Crippen LogP contribution is -2.12. The normalized spacial score (nSPS) is 19.6. The smallest absolute Gasteiger partial charge is 0.262 e. The van der Waals surface area contributed by atoms with Crippen molar-refractivity contribution in [1.82, 2.24) is 0 Å². The molecule has 4 nitrogen and oxygen atoms in total. The maximum absolute atomic E-state index is 11.2. The van der Waals surface area contributed by atoms with Crippen molar-refractivity contribution in [2.45, 2.75) is 11.3 Å². The molecule has 0 bridgehead atoms. The second-order valence-electron chi connectivity index (χ2n) is 4.19. The van der Waals surface area contributed by atoms with Gasteiger partial charge in [-0.1, -0.05) is 23.2 Å². The van der Waals surface area contributed by atoms with Gasteiger partial charge in [-0.25, -0.2) is 8.42 Å². The number of rotatable bonds is 4. The number of hydrogen-bond acceptors (Lipinski definition) is 4. The number of halogens is 3. The van der Waals surface area contributed by atoms with Gasteiger partial charge in [0.15, 0.2) is 0 Å². The van der Waals surface area contributed by atoms with E-state index in [0.717, 1.165) is 13.0 Å². The molecule has 0 saturated carbocycles. The Morgan fingerprint density at radius 2 is 2.05 bits per heavy atom. The Morgan fingerprint density at radius 3 is 2.63 bits per heavy atom. The van der Waals surface area contributed by atoms with Gasteiger partial charge in [0, 0.05) is 29.3 Å². The predicted molar refractivity (Wildman–Crippen MR) is 73.9 cm³/mol. The van der Waals surface area contributed by atoms with Crippen LogP contribution in [-0.2, 0) is 13.8 Å². The quantitative estimate of drug-likeness (QED) is 0.785. The minimum Gasteiger partial charge on any atom is -0.492 e. The minimum atomic E-state index is -3.92. The van der Waals surface area contributed by atoms with E-state index in [1.54, 1.807) is 0 Å². The first-order valence-electron chi connectivity index (χ1n) is 5.52. The number of ether oxygens (including phenoxy) is 2. The molecule has 0 aromatic heterocycles. The van der Waals surface area contributed by atoms with Gasteiger partial charge < -0.3 is 9.47 Å². The van der Waals surface area contributed by atoms with E-state index in [9.17, 15) is 8.42 Å². The second-order valence-corrected chi connectivity index (χ2v) is 7.54. The molecule has 1 fully saturated rings. The van der Waals surface area contributed by atoms with Crippen LogP contribution in [0.5, 0.6) is 5.75 Å². The van der Waals surface area contributed by atoms with E-state index in [2.05, 4.69) is 0 Å². The average molecular weight is 346 g/mol. The first-order valence-corrected chi connectivity index (χ1v) is 8.58. The first-order chi connectivity index (χ1) is 8.88. The summed E-state index contributed by atoms with van der Waals surface area (Å²) in [6.45, 7) is 1.83. The van der Waals surface area contributed by atoms with Crippen LogP contribution in [0.1, 0.15) is 6.42 Å². The zero-order valence-electron chi connectivity index (χ0n) is 9.74. The van der Waals surface area contributed by atoms with E-state index >= 15 is 0 Å². The standard InChI is InChI=1S/C11H11Cl3O4S/c12-8-4-11(19(14,15)16)9(13)3-10(8)18-6-7-1-2-17-5-7/h3-4,7H,1-2,5-6H2. The van der Waals surface area contributed by atoms with Gasteiger partial charge >= 0.3 is 0 Å². The molecule has 8 heteroatoms. The maximum atomic E-state index is 11.2. The van der Waals surface area contributed by atoms with Crippen LogP contribution < -0.4 is 4.74 Å². The number of benzene rings is 1. The monoisotopic (exact) mass is 344 g/mol. The molecule has 1 aromatic rings. The van der Waals surface area contributed by atoms with Crippen molar-refractivity contribution in [2.75, 3.05) is 19.8 Å². The summed E-state index contributed by atoms with van der Waals surface area (Å²) < 4.78 is 33.3. The van der Waals surface area contributed by atoms with E-state index in [-0.39, 0.29) is 14.9 Å². The highest BCUT2D eigenvalue weighted by Crippen LogP contribution is 2.35. The maximum Gasteiger partial charge on any atom is 0.262 e. The molecule has 0 amide bonds. The molecule has 1 saturated heterocycles. The fourth-order valence-electron chi connectivity index (χ4n) is 1.73. The highest BCUT2D eigenvalue weighted by Gasteiger charge is 2.20. The van der Waals surface area contributed by atoms with Crippen molar-refractivity contribution in [1.29, 1.82) is 0 Å². The second kappa shape index (κ2) is 6.06. The highest BCUT2D eigenvalue weighted by atomic mass is 35.7. The summed E-state index contributed by atoms with van der Waals surface area (Å²) in [7, 11) is 1.32. The van der Waals surface area contributed by atoms with Gasteiger partial charge in [0.1, 0.15) is 10.6 Å². The Bertz CT molecular complexity index is 568. The molecule has 106 valence electrons. The van der Waals surface area contributed by atoms with Gasteiger partial charge in [0.05, 0.1) is 23.3 Å². The van der Waals surface area contributed by atoms with Crippen LogP contribution in [0.3, 0.4) is 0 Å².